The van der Waals surface area contributed by atoms with Crippen LogP contribution in [0.25, 0.3) is 0 Å². The lowest BCUT2D eigenvalue weighted by Gasteiger charge is -2.25. The Morgan fingerprint density at radius 3 is 1.83 bits per heavy atom. The quantitative estimate of drug-likeness (QED) is 0.114. The van der Waals surface area contributed by atoms with Gasteiger partial charge in [-0.15, -0.1) is 0 Å². The van der Waals surface area contributed by atoms with Crippen LogP contribution in [-0.4, -0.2) is 71.9 Å². The van der Waals surface area contributed by atoms with Gasteiger partial charge in [0.05, 0.1) is 19.6 Å². The predicted octanol–water partition coefficient (Wildman–Crippen LogP) is -1.51. The van der Waals surface area contributed by atoms with Gasteiger partial charge in [0.1, 0.15) is 23.9 Å². The summed E-state index contributed by atoms with van der Waals surface area (Å²) in [5, 5.41) is 16.6. The molecule has 0 unspecified atom stereocenters. The summed E-state index contributed by atoms with van der Waals surface area (Å²) in [4.78, 5) is 73.6. The summed E-state index contributed by atoms with van der Waals surface area (Å²) >= 11 is 0. The number of hydrogen-bond acceptors (Lipinski definition) is 8. The number of benzene rings is 2. The van der Waals surface area contributed by atoms with E-state index in [9.17, 15) is 33.9 Å². The van der Waals surface area contributed by atoms with Crippen molar-refractivity contribution in [2.45, 2.75) is 56.3 Å². The highest BCUT2D eigenvalue weighted by molar-refractivity contribution is 5.95. The fourth-order valence-electron chi connectivity index (χ4n) is 3.95. The van der Waals surface area contributed by atoms with Crippen LogP contribution >= 0.6 is 0 Å². The number of methoxy groups -OCH3 is 1. The average Bonchev–Trinajstić information content (AvgIpc) is 2.94. The zero-order valence-corrected chi connectivity index (χ0v) is 23.1. The van der Waals surface area contributed by atoms with Crippen molar-refractivity contribution in [1.29, 1.82) is 0 Å². The van der Waals surface area contributed by atoms with Crippen LogP contribution in [0.5, 0.6) is 5.75 Å². The number of ether oxygens (including phenoxy) is 1. The maximum atomic E-state index is 13.4. The van der Waals surface area contributed by atoms with Crippen LogP contribution in [0.4, 0.5) is 0 Å². The SMILES string of the molecule is COc1ccc(C[C@H](N)C(=O)N[C@@H](Cc2ccccc2)C(=O)N[C@@H](CCC(N)=O)C(=O)N[C@@H](CC(N)=O)C(=O)O)cc1. The Morgan fingerprint density at radius 1 is 0.738 bits per heavy atom. The van der Waals surface area contributed by atoms with E-state index in [1.54, 1.807) is 54.6 Å². The summed E-state index contributed by atoms with van der Waals surface area (Å²) in [6.07, 6.45) is -1.11. The second-order valence-corrected chi connectivity index (χ2v) is 9.55. The van der Waals surface area contributed by atoms with Gasteiger partial charge in [-0.25, -0.2) is 4.79 Å². The molecule has 0 saturated heterocycles. The van der Waals surface area contributed by atoms with Gasteiger partial charge in [-0.2, -0.15) is 0 Å². The van der Waals surface area contributed by atoms with Crippen molar-refractivity contribution in [2.75, 3.05) is 7.11 Å². The third kappa shape index (κ3) is 11.3. The van der Waals surface area contributed by atoms with E-state index in [0.29, 0.717) is 11.3 Å². The fraction of sp³-hybridized carbons (Fsp3) is 0.357. The minimum absolute atomic E-state index is 0.0251. The van der Waals surface area contributed by atoms with Crippen molar-refractivity contribution in [3.63, 3.8) is 0 Å². The molecule has 0 aliphatic heterocycles. The van der Waals surface area contributed by atoms with Crippen molar-refractivity contribution in [2.24, 2.45) is 17.2 Å². The van der Waals surface area contributed by atoms with Gasteiger partial charge < -0.3 is 43.0 Å². The summed E-state index contributed by atoms with van der Waals surface area (Å²) < 4.78 is 5.13. The fourth-order valence-corrected chi connectivity index (χ4v) is 3.95. The van der Waals surface area contributed by atoms with E-state index in [4.69, 9.17) is 21.9 Å². The van der Waals surface area contributed by atoms with Gasteiger partial charge in [0.25, 0.3) is 0 Å². The van der Waals surface area contributed by atoms with Crippen LogP contribution in [0.3, 0.4) is 0 Å². The molecule has 0 saturated carbocycles. The molecule has 0 aromatic heterocycles. The lowest BCUT2D eigenvalue weighted by atomic mass is 10.0. The molecule has 0 spiro atoms. The molecular weight excluding hydrogens is 548 g/mol. The molecule has 0 heterocycles. The number of aliphatic carboxylic acids is 1. The number of primary amides is 2. The molecule has 14 heteroatoms. The Hall–Kier alpha value is -4.98. The summed E-state index contributed by atoms with van der Waals surface area (Å²) in [6, 6.07) is 10.4. The van der Waals surface area contributed by atoms with Crippen molar-refractivity contribution >= 4 is 35.5 Å². The van der Waals surface area contributed by atoms with E-state index >= 15 is 0 Å². The molecule has 0 aliphatic rings. The monoisotopic (exact) mass is 584 g/mol. The van der Waals surface area contributed by atoms with Gasteiger partial charge in [0.15, 0.2) is 0 Å². The normalized spacial score (nSPS) is 13.5. The molecule has 226 valence electrons. The Morgan fingerprint density at radius 2 is 1.29 bits per heavy atom. The van der Waals surface area contributed by atoms with E-state index in [0.717, 1.165) is 5.56 Å². The number of nitrogens with one attached hydrogen (secondary N) is 3. The standard InChI is InChI=1S/C28H36N6O8/c1-42-18-9-7-17(8-10-18)13-19(29)25(37)33-21(14-16-5-3-2-4-6-16)27(39)32-20(11-12-23(30)35)26(38)34-22(28(40)41)15-24(31)36/h2-10,19-22H,11-15,29H2,1H3,(H2,30,35)(H2,31,36)(H,32,39)(H,33,37)(H,34,38)(H,40,41)/t19-,20-,21-,22-/m0/s1. The van der Waals surface area contributed by atoms with E-state index in [1.807, 2.05) is 0 Å². The molecule has 0 fully saturated rings. The number of carboxylic acids is 1. The second kappa shape index (κ2) is 16.3. The molecule has 0 aliphatic carbocycles. The smallest absolute Gasteiger partial charge is 0.326 e. The van der Waals surface area contributed by atoms with Crippen LogP contribution < -0.4 is 37.9 Å². The Labute approximate surface area is 242 Å². The van der Waals surface area contributed by atoms with Crippen molar-refractivity contribution < 1.29 is 38.6 Å². The molecule has 4 atom stereocenters. The third-order valence-corrected chi connectivity index (χ3v) is 6.20. The second-order valence-electron chi connectivity index (χ2n) is 9.55. The average molecular weight is 585 g/mol. The van der Waals surface area contributed by atoms with Crippen molar-refractivity contribution in [3.05, 3.63) is 65.7 Å². The molecular formula is C28H36N6O8. The molecule has 2 aromatic rings. The van der Waals surface area contributed by atoms with Gasteiger partial charge in [-0.1, -0.05) is 42.5 Å². The summed E-state index contributed by atoms with van der Waals surface area (Å²) in [5.41, 5.74) is 17.9. The maximum absolute atomic E-state index is 13.4. The van der Waals surface area contributed by atoms with Gasteiger partial charge in [-0.05, 0) is 36.1 Å². The lowest BCUT2D eigenvalue weighted by molar-refractivity contribution is -0.144. The first kappa shape index (κ1) is 33.2. The van der Waals surface area contributed by atoms with E-state index < -0.39 is 66.1 Å². The highest BCUT2D eigenvalue weighted by Crippen LogP contribution is 2.13. The van der Waals surface area contributed by atoms with E-state index in [-0.39, 0.29) is 25.7 Å². The molecule has 14 nitrogen and oxygen atoms in total. The van der Waals surface area contributed by atoms with Gasteiger partial charge in [0.2, 0.25) is 29.5 Å². The molecule has 0 bridgehead atoms. The first-order valence-electron chi connectivity index (χ1n) is 13.0. The van der Waals surface area contributed by atoms with Gasteiger partial charge in [0, 0.05) is 12.8 Å². The first-order valence-corrected chi connectivity index (χ1v) is 13.0. The molecule has 2 aromatic carbocycles. The van der Waals surface area contributed by atoms with Crippen molar-refractivity contribution in [3.8, 4) is 5.75 Å². The number of carboxylic acid groups (broad SMARTS) is 1. The van der Waals surface area contributed by atoms with E-state index in [1.165, 1.54) is 7.11 Å². The van der Waals surface area contributed by atoms with Crippen LogP contribution in [0.2, 0.25) is 0 Å². The van der Waals surface area contributed by atoms with Crippen LogP contribution in [0.1, 0.15) is 30.4 Å². The molecule has 2 rings (SSSR count). The summed E-state index contributed by atoms with van der Waals surface area (Å²) in [7, 11) is 1.53. The van der Waals surface area contributed by atoms with Gasteiger partial charge >= 0.3 is 5.97 Å². The molecule has 10 N–H and O–H groups in total. The number of amides is 5. The highest BCUT2D eigenvalue weighted by Gasteiger charge is 2.31. The Kier molecular flexibility index (Phi) is 12.9. The number of rotatable bonds is 17. The van der Waals surface area contributed by atoms with Crippen LogP contribution in [0, 0.1) is 0 Å². The largest absolute Gasteiger partial charge is 0.497 e. The topological polar surface area (TPSA) is 246 Å². The van der Waals surface area contributed by atoms with Crippen molar-refractivity contribution in [1.82, 2.24) is 16.0 Å². The summed E-state index contributed by atoms with van der Waals surface area (Å²) in [6.45, 7) is 0. The molecule has 0 radical (unpaired) electrons. The zero-order valence-electron chi connectivity index (χ0n) is 23.1. The van der Waals surface area contributed by atoms with Crippen LogP contribution in [0.15, 0.2) is 54.6 Å². The lowest BCUT2D eigenvalue weighted by Crippen LogP contribution is -2.58. The number of nitrogens with two attached hydrogens (primary N) is 3. The first-order chi connectivity index (χ1) is 19.9. The van der Waals surface area contributed by atoms with Crippen LogP contribution in [-0.2, 0) is 41.6 Å². The number of carbonyl (C=O) groups is 6. The zero-order chi connectivity index (χ0) is 31.2. The Bertz CT molecular complexity index is 1250. The maximum Gasteiger partial charge on any atom is 0.326 e. The van der Waals surface area contributed by atoms with Gasteiger partial charge in [-0.3, -0.25) is 24.0 Å². The van der Waals surface area contributed by atoms with E-state index in [2.05, 4.69) is 16.0 Å². The predicted molar refractivity (Wildman–Crippen MR) is 150 cm³/mol. The minimum atomic E-state index is -1.67. The minimum Gasteiger partial charge on any atom is -0.497 e. The number of carbonyl (C=O) groups excluding carboxylic acids is 5. The molecule has 42 heavy (non-hydrogen) atoms. The summed E-state index contributed by atoms with van der Waals surface area (Å²) in [5.74, 6) is -5.05. The third-order valence-electron chi connectivity index (χ3n) is 6.20. The molecule has 5 amide bonds. The number of hydrogen-bond donors (Lipinski definition) is 7. The highest BCUT2D eigenvalue weighted by atomic mass is 16.5. The Balaban J connectivity index is 2.23.